The molecule has 0 aliphatic heterocycles. The summed E-state index contributed by atoms with van der Waals surface area (Å²) in [4.78, 5) is 12.2. The number of hydrogen-bond donors (Lipinski definition) is 2. The molecule has 4 nitrogen and oxygen atoms in total. The molecule has 0 radical (unpaired) electrons. The highest BCUT2D eigenvalue weighted by atomic mass is 16.2. The molecule has 21 heavy (non-hydrogen) atoms. The fourth-order valence-corrected chi connectivity index (χ4v) is 2.82. The van der Waals surface area contributed by atoms with Gasteiger partial charge in [0, 0.05) is 11.6 Å². The quantitative estimate of drug-likeness (QED) is 0.906. The summed E-state index contributed by atoms with van der Waals surface area (Å²) >= 11 is 0. The Morgan fingerprint density at radius 2 is 1.90 bits per heavy atom. The van der Waals surface area contributed by atoms with Crippen molar-refractivity contribution < 1.29 is 4.79 Å². The zero-order valence-corrected chi connectivity index (χ0v) is 12.4. The molecule has 2 N–H and O–H groups in total. The van der Waals surface area contributed by atoms with Gasteiger partial charge in [-0.3, -0.25) is 9.89 Å². The van der Waals surface area contributed by atoms with E-state index < -0.39 is 0 Å². The van der Waals surface area contributed by atoms with Gasteiger partial charge in [0.25, 0.3) is 5.91 Å². The van der Waals surface area contributed by atoms with Crippen LogP contribution in [0, 0.1) is 6.92 Å². The van der Waals surface area contributed by atoms with Crippen LogP contribution in [0.25, 0.3) is 11.3 Å². The van der Waals surface area contributed by atoms with Gasteiger partial charge in [0.1, 0.15) is 5.69 Å². The number of aromatic amines is 1. The Bertz CT molecular complexity index is 609. The summed E-state index contributed by atoms with van der Waals surface area (Å²) in [5, 5.41) is 10.2. The second-order valence-electron chi connectivity index (χ2n) is 5.84. The summed E-state index contributed by atoms with van der Waals surface area (Å²) in [6.45, 7) is 2.05. The summed E-state index contributed by atoms with van der Waals surface area (Å²) in [5.41, 5.74) is 3.58. The number of aryl methyl sites for hydroxylation is 1. The Morgan fingerprint density at radius 1 is 1.19 bits per heavy atom. The standard InChI is InChI=1S/C17H21N3O/c1-12-7-9-13(10-8-12)15-11-16(20-19-15)17(21)18-14-5-3-2-4-6-14/h7-11,14H,2-6H2,1H3,(H,18,21)(H,19,20). The van der Waals surface area contributed by atoms with Gasteiger partial charge < -0.3 is 5.32 Å². The number of amides is 1. The van der Waals surface area contributed by atoms with Crippen LogP contribution in [0.4, 0.5) is 0 Å². The Labute approximate surface area is 125 Å². The maximum Gasteiger partial charge on any atom is 0.269 e. The van der Waals surface area contributed by atoms with Crippen molar-refractivity contribution in [2.75, 3.05) is 0 Å². The monoisotopic (exact) mass is 283 g/mol. The van der Waals surface area contributed by atoms with Crippen molar-refractivity contribution in [2.45, 2.75) is 45.1 Å². The van der Waals surface area contributed by atoms with Crippen LogP contribution in [0.5, 0.6) is 0 Å². The zero-order valence-electron chi connectivity index (χ0n) is 12.4. The molecule has 1 aliphatic rings. The molecule has 0 bridgehead atoms. The van der Waals surface area contributed by atoms with Crippen LogP contribution >= 0.6 is 0 Å². The van der Waals surface area contributed by atoms with E-state index in [2.05, 4.69) is 22.4 Å². The van der Waals surface area contributed by atoms with Crippen LogP contribution in [0.3, 0.4) is 0 Å². The minimum Gasteiger partial charge on any atom is -0.348 e. The minimum atomic E-state index is -0.0484. The average Bonchev–Trinajstić information content (AvgIpc) is 2.99. The van der Waals surface area contributed by atoms with Gasteiger partial charge >= 0.3 is 0 Å². The lowest BCUT2D eigenvalue weighted by molar-refractivity contribution is 0.0922. The second-order valence-corrected chi connectivity index (χ2v) is 5.84. The number of H-pyrrole nitrogens is 1. The van der Waals surface area contributed by atoms with Crippen molar-refractivity contribution in [3.8, 4) is 11.3 Å². The third-order valence-electron chi connectivity index (χ3n) is 4.11. The lowest BCUT2D eigenvalue weighted by atomic mass is 9.95. The molecule has 1 aliphatic carbocycles. The first-order valence-electron chi connectivity index (χ1n) is 7.66. The Kier molecular flexibility index (Phi) is 4.04. The van der Waals surface area contributed by atoms with Crippen LogP contribution in [-0.2, 0) is 0 Å². The highest BCUT2D eigenvalue weighted by molar-refractivity contribution is 5.93. The molecule has 1 fully saturated rings. The summed E-state index contributed by atoms with van der Waals surface area (Å²) in [6.07, 6.45) is 5.88. The smallest absolute Gasteiger partial charge is 0.269 e. The van der Waals surface area contributed by atoms with Crippen molar-refractivity contribution in [2.24, 2.45) is 0 Å². The Balaban J connectivity index is 1.69. The molecule has 0 unspecified atom stereocenters. The van der Waals surface area contributed by atoms with E-state index in [4.69, 9.17) is 0 Å². The average molecular weight is 283 g/mol. The number of nitrogens with one attached hydrogen (secondary N) is 2. The SMILES string of the molecule is Cc1ccc(-c2cc(C(=O)NC3CCCCC3)[nH]n2)cc1. The number of nitrogens with zero attached hydrogens (tertiary/aromatic N) is 1. The number of aromatic nitrogens is 2. The van der Waals surface area contributed by atoms with Crippen LogP contribution in [-0.4, -0.2) is 22.1 Å². The van der Waals surface area contributed by atoms with E-state index in [1.807, 2.05) is 30.3 Å². The molecule has 1 saturated carbocycles. The van der Waals surface area contributed by atoms with E-state index in [-0.39, 0.29) is 5.91 Å². The summed E-state index contributed by atoms with van der Waals surface area (Å²) in [7, 11) is 0. The van der Waals surface area contributed by atoms with Gasteiger partial charge in [-0.15, -0.1) is 0 Å². The number of benzene rings is 1. The molecule has 0 saturated heterocycles. The Hall–Kier alpha value is -2.10. The zero-order chi connectivity index (χ0) is 14.7. The first-order valence-corrected chi connectivity index (χ1v) is 7.66. The van der Waals surface area contributed by atoms with E-state index in [1.165, 1.54) is 24.8 Å². The molecule has 1 heterocycles. The Morgan fingerprint density at radius 3 is 2.62 bits per heavy atom. The lowest BCUT2D eigenvalue weighted by Gasteiger charge is -2.22. The van der Waals surface area contributed by atoms with Crippen molar-refractivity contribution >= 4 is 5.91 Å². The van der Waals surface area contributed by atoms with E-state index >= 15 is 0 Å². The normalized spacial score (nSPS) is 15.9. The summed E-state index contributed by atoms with van der Waals surface area (Å²) in [6, 6.07) is 10.3. The van der Waals surface area contributed by atoms with Crippen molar-refractivity contribution in [3.63, 3.8) is 0 Å². The molecule has 0 spiro atoms. The maximum atomic E-state index is 12.2. The molecule has 110 valence electrons. The van der Waals surface area contributed by atoms with Gasteiger partial charge in [0.05, 0.1) is 5.69 Å². The van der Waals surface area contributed by atoms with E-state index in [0.29, 0.717) is 11.7 Å². The van der Waals surface area contributed by atoms with Gasteiger partial charge in [0.15, 0.2) is 0 Å². The van der Waals surface area contributed by atoms with E-state index in [9.17, 15) is 4.79 Å². The van der Waals surface area contributed by atoms with Crippen LogP contribution < -0.4 is 5.32 Å². The van der Waals surface area contributed by atoms with Crippen molar-refractivity contribution in [1.82, 2.24) is 15.5 Å². The van der Waals surface area contributed by atoms with Crippen LogP contribution in [0.15, 0.2) is 30.3 Å². The molecule has 1 aromatic carbocycles. The molecule has 3 rings (SSSR count). The third kappa shape index (κ3) is 3.32. The first kappa shape index (κ1) is 13.9. The molecular formula is C17H21N3O. The number of rotatable bonds is 3. The third-order valence-corrected chi connectivity index (χ3v) is 4.11. The van der Waals surface area contributed by atoms with Crippen LogP contribution in [0.2, 0.25) is 0 Å². The van der Waals surface area contributed by atoms with Gasteiger partial charge in [-0.2, -0.15) is 5.10 Å². The molecule has 2 aromatic rings. The fraction of sp³-hybridized carbons (Fsp3) is 0.412. The predicted octanol–water partition coefficient (Wildman–Crippen LogP) is 3.45. The summed E-state index contributed by atoms with van der Waals surface area (Å²) < 4.78 is 0. The maximum absolute atomic E-state index is 12.2. The van der Waals surface area contributed by atoms with E-state index in [1.54, 1.807) is 0 Å². The van der Waals surface area contributed by atoms with Gasteiger partial charge in [0.2, 0.25) is 0 Å². The van der Waals surface area contributed by atoms with Crippen molar-refractivity contribution in [3.05, 3.63) is 41.6 Å². The van der Waals surface area contributed by atoms with Crippen LogP contribution in [0.1, 0.15) is 48.2 Å². The van der Waals surface area contributed by atoms with Gasteiger partial charge in [-0.05, 0) is 25.8 Å². The van der Waals surface area contributed by atoms with Gasteiger partial charge in [-0.1, -0.05) is 49.1 Å². The summed E-state index contributed by atoms with van der Waals surface area (Å²) in [5.74, 6) is -0.0484. The molecule has 0 atom stereocenters. The highest BCUT2D eigenvalue weighted by Gasteiger charge is 2.18. The highest BCUT2D eigenvalue weighted by Crippen LogP contribution is 2.20. The van der Waals surface area contributed by atoms with Gasteiger partial charge in [-0.25, -0.2) is 0 Å². The largest absolute Gasteiger partial charge is 0.348 e. The molecular weight excluding hydrogens is 262 g/mol. The predicted molar refractivity (Wildman–Crippen MR) is 83.1 cm³/mol. The molecule has 4 heteroatoms. The fourth-order valence-electron chi connectivity index (χ4n) is 2.82. The molecule has 1 aromatic heterocycles. The minimum absolute atomic E-state index is 0.0484. The lowest BCUT2D eigenvalue weighted by Crippen LogP contribution is -2.36. The number of carbonyl (C=O) groups excluding carboxylic acids is 1. The number of carbonyl (C=O) groups is 1. The number of hydrogen-bond acceptors (Lipinski definition) is 2. The molecule has 1 amide bonds. The topological polar surface area (TPSA) is 57.8 Å². The second kappa shape index (κ2) is 6.12. The van der Waals surface area contributed by atoms with E-state index in [0.717, 1.165) is 24.1 Å². The van der Waals surface area contributed by atoms with Crippen molar-refractivity contribution in [1.29, 1.82) is 0 Å². The first-order chi connectivity index (χ1) is 10.2.